The Bertz CT molecular complexity index is 958. The van der Waals surface area contributed by atoms with Crippen molar-refractivity contribution in [3.05, 3.63) is 63.9 Å². The van der Waals surface area contributed by atoms with E-state index in [0.717, 1.165) is 40.9 Å². The number of benzene rings is 2. The molecule has 0 radical (unpaired) electrons. The number of aryl methyl sites for hydroxylation is 2. The van der Waals surface area contributed by atoms with Crippen LogP contribution in [0.3, 0.4) is 0 Å². The Kier molecular flexibility index (Phi) is 4.42. The van der Waals surface area contributed by atoms with Crippen LogP contribution in [0.15, 0.2) is 41.6 Å². The topological polar surface area (TPSA) is 47.6 Å². The van der Waals surface area contributed by atoms with Gasteiger partial charge in [0.15, 0.2) is 17.3 Å². The van der Waals surface area contributed by atoms with E-state index in [0.29, 0.717) is 17.9 Å². The zero-order chi connectivity index (χ0) is 19.1. The van der Waals surface area contributed by atoms with Gasteiger partial charge in [-0.05, 0) is 55.0 Å². The van der Waals surface area contributed by atoms with Gasteiger partial charge in [-0.25, -0.2) is 0 Å². The van der Waals surface area contributed by atoms with Crippen LogP contribution in [-0.4, -0.2) is 20.0 Å². The molecule has 4 rings (SSSR count). The molecular formula is C23H25NO3. The highest BCUT2D eigenvalue weighted by Crippen LogP contribution is 2.48. The minimum atomic E-state index is -0.0804. The Labute approximate surface area is 160 Å². The minimum Gasteiger partial charge on any atom is -0.493 e. The van der Waals surface area contributed by atoms with Crippen LogP contribution in [0.5, 0.6) is 11.5 Å². The van der Waals surface area contributed by atoms with Crippen molar-refractivity contribution in [3.63, 3.8) is 0 Å². The molecule has 0 saturated carbocycles. The molecular weight excluding hydrogens is 338 g/mol. The van der Waals surface area contributed by atoms with Crippen molar-refractivity contribution in [1.29, 1.82) is 0 Å². The quantitative estimate of drug-likeness (QED) is 0.844. The normalized spacial score (nSPS) is 18.5. The number of ketones is 1. The van der Waals surface area contributed by atoms with E-state index in [-0.39, 0.29) is 11.7 Å². The zero-order valence-electron chi connectivity index (χ0n) is 16.3. The molecule has 2 aromatic carbocycles. The molecule has 4 heteroatoms. The number of rotatable bonds is 3. The molecule has 1 N–H and O–H groups in total. The number of carbonyl (C=O) groups excluding carboxylic acids is 1. The van der Waals surface area contributed by atoms with E-state index in [1.807, 2.05) is 12.1 Å². The summed E-state index contributed by atoms with van der Waals surface area (Å²) in [5.74, 6) is 1.53. The molecule has 0 amide bonds. The number of Topliss-reactive ketones (excluding diaryl/α,β-unsaturated/α-hetero) is 1. The van der Waals surface area contributed by atoms with E-state index in [4.69, 9.17) is 9.47 Å². The number of hydrogen-bond donors (Lipinski definition) is 1. The van der Waals surface area contributed by atoms with Gasteiger partial charge in [0, 0.05) is 35.4 Å². The van der Waals surface area contributed by atoms with Gasteiger partial charge in [-0.1, -0.05) is 18.2 Å². The summed E-state index contributed by atoms with van der Waals surface area (Å²) in [6.07, 6.45) is 2.41. The van der Waals surface area contributed by atoms with Crippen molar-refractivity contribution in [2.24, 2.45) is 0 Å². The standard InChI is InChI=1S/C23H25NO3/c1-13-8-9-15(10-14(13)2)22-16-11-20(26-3)21(27-4)12-18(16)24-17-6-5-7-19(25)23(17)22/h8-12,22,24H,5-7H2,1-4H3/t22-/m0/s1. The lowest BCUT2D eigenvalue weighted by molar-refractivity contribution is -0.116. The lowest BCUT2D eigenvalue weighted by atomic mass is 9.75. The molecule has 0 aromatic heterocycles. The van der Waals surface area contributed by atoms with Gasteiger partial charge in [-0.3, -0.25) is 4.79 Å². The number of allylic oxidation sites excluding steroid dienone is 2. The Morgan fingerprint density at radius 3 is 2.41 bits per heavy atom. The average Bonchev–Trinajstić information content (AvgIpc) is 2.67. The summed E-state index contributed by atoms with van der Waals surface area (Å²) in [7, 11) is 3.28. The van der Waals surface area contributed by atoms with Gasteiger partial charge in [0.05, 0.1) is 14.2 Å². The summed E-state index contributed by atoms with van der Waals surface area (Å²) in [6.45, 7) is 4.23. The van der Waals surface area contributed by atoms with Crippen LogP contribution in [0.25, 0.3) is 0 Å². The van der Waals surface area contributed by atoms with Gasteiger partial charge in [0.2, 0.25) is 0 Å². The lowest BCUT2D eigenvalue weighted by Gasteiger charge is -2.34. The first-order valence-corrected chi connectivity index (χ1v) is 9.39. The molecule has 2 aliphatic rings. The van der Waals surface area contributed by atoms with Gasteiger partial charge in [0.25, 0.3) is 0 Å². The van der Waals surface area contributed by atoms with E-state index in [1.54, 1.807) is 14.2 Å². The second-order valence-corrected chi connectivity index (χ2v) is 7.37. The number of hydrogen-bond acceptors (Lipinski definition) is 4. The van der Waals surface area contributed by atoms with Crippen LogP contribution in [-0.2, 0) is 4.79 Å². The monoisotopic (exact) mass is 363 g/mol. The number of nitrogens with one attached hydrogen (secondary N) is 1. The highest BCUT2D eigenvalue weighted by atomic mass is 16.5. The number of ether oxygens (including phenoxy) is 2. The molecule has 27 heavy (non-hydrogen) atoms. The van der Waals surface area contributed by atoms with Crippen molar-refractivity contribution >= 4 is 11.5 Å². The third-order valence-corrected chi connectivity index (χ3v) is 5.76. The van der Waals surface area contributed by atoms with E-state index < -0.39 is 0 Å². The number of anilines is 1. The van der Waals surface area contributed by atoms with Crippen LogP contribution < -0.4 is 14.8 Å². The number of methoxy groups -OCH3 is 2. The molecule has 4 nitrogen and oxygen atoms in total. The van der Waals surface area contributed by atoms with Gasteiger partial charge in [0.1, 0.15) is 0 Å². The first kappa shape index (κ1) is 17.7. The Balaban J connectivity index is 1.96. The summed E-state index contributed by atoms with van der Waals surface area (Å²) in [4.78, 5) is 12.9. The first-order valence-electron chi connectivity index (χ1n) is 9.39. The maximum Gasteiger partial charge on any atom is 0.162 e. The second kappa shape index (κ2) is 6.76. The van der Waals surface area contributed by atoms with E-state index >= 15 is 0 Å². The fourth-order valence-corrected chi connectivity index (χ4v) is 4.18. The van der Waals surface area contributed by atoms with Gasteiger partial charge in [-0.2, -0.15) is 0 Å². The molecule has 1 atom stereocenters. The van der Waals surface area contributed by atoms with Crippen molar-refractivity contribution in [1.82, 2.24) is 0 Å². The summed E-state index contributed by atoms with van der Waals surface area (Å²) in [6, 6.07) is 10.5. The zero-order valence-corrected chi connectivity index (χ0v) is 16.3. The van der Waals surface area contributed by atoms with Crippen LogP contribution in [0.2, 0.25) is 0 Å². The maximum atomic E-state index is 12.9. The predicted octanol–water partition coefficient (Wildman–Crippen LogP) is 4.89. The molecule has 140 valence electrons. The lowest BCUT2D eigenvalue weighted by Crippen LogP contribution is -2.27. The highest BCUT2D eigenvalue weighted by molar-refractivity contribution is 6.01. The van der Waals surface area contributed by atoms with Crippen LogP contribution in [0, 0.1) is 13.8 Å². The molecule has 1 aliphatic heterocycles. The summed E-state index contributed by atoms with van der Waals surface area (Å²) < 4.78 is 11.0. The molecule has 2 aromatic rings. The van der Waals surface area contributed by atoms with Crippen molar-refractivity contribution in [2.75, 3.05) is 19.5 Å². The fraction of sp³-hybridized carbons (Fsp3) is 0.348. The van der Waals surface area contributed by atoms with E-state index in [1.165, 1.54) is 11.1 Å². The Morgan fingerprint density at radius 2 is 1.70 bits per heavy atom. The molecule has 0 saturated heterocycles. The molecule has 0 unspecified atom stereocenters. The summed E-state index contributed by atoms with van der Waals surface area (Å²) in [5.41, 5.74) is 7.64. The molecule has 1 heterocycles. The molecule has 1 aliphatic carbocycles. The van der Waals surface area contributed by atoms with Gasteiger partial charge >= 0.3 is 0 Å². The van der Waals surface area contributed by atoms with Crippen molar-refractivity contribution < 1.29 is 14.3 Å². The van der Waals surface area contributed by atoms with Crippen molar-refractivity contribution in [3.8, 4) is 11.5 Å². The predicted molar refractivity (Wildman–Crippen MR) is 107 cm³/mol. The van der Waals surface area contributed by atoms with Crippen molar-refractivity contribution in [2.45, 2.75) is 39.0 Å². The maximum absolute atomic E-state index is 12.9. The Hall–Kier alpha value is -2.75. The van der Waals surface area contributed by atoms with Gasteiger partial charge < -0.3 is 14.8 Å². The molecule has 0 spiro atoms. The largest absolute Gasteiger partial charge is 0.493 e. The van der Waals surface area contributed by atoms with Gasteiger partial charge in [-0.15, -0.1) is 0 Å². The average molecular weight is 363 g/mol. The number of carbonyl (C=O) groups is 1. The third kappa shape index (κ3) is 2.89. The Morgan fingerprint density at radius 1 is 0.963 bits per heavy atom. The third-order valence-electron chi connectivity index (χ3n) is 5.76. The SMILES string of the molecule is COc1cc2c(cc1OC)[C@H](c1ccc(C)c(C)c1)C1=C(CCCC1=O)N2. The minimum absolute atomic E-state index is 0.0804. The molecule has 0 fully saturated rings. The van der Waals surface area contributed by atoms with E-state index in [9.17, 15) is 4.79 Å². The number of fused-ring (bicyclic) bond motifs is 1. The highest BCUT2D eigenvalue weighted by Gasteiger charge is 2.36. The smallest absolute Gasteiger partial charge is 0.162 e. The fourth-order valence-electron chi connectivity index (χ4n) is 4.18. The van der Waals surface area contributed by atoms with Crippen LogP contribution >= 0.6 is 0 Å². The van der Waals surface area contributed by atoms with Crippen LogP contribution in [0.1, 0.15) is 47.4 Å². The van der Waals surface area contributed by atoms with E-state index in [2.05, 4.69) is 37.4 Å². The summed E-state index contributed by atoms with van der Waals surface area (Å²) >= 11 is 0. The second-order valence-electron chi connectivity index (χ2n) is 7.37. The summed E-state index contributed by atoms with van der Waals surface area (Å²) in [5, 5.41) is 3.50. The van der Waals surface area contributed by atoms with Crippen LogP contribution in [0.4, 0.5) is 5.69 Å². The first-order chi connectivity index (χ1) is 13.0. The molecule has 0 bridgehead atoms.